The third kappa shape index (κ3) is 5.03. The molecule has 128 valence electrons. The number of anilines is 2. The van der Waals surface area contributed by atoms with Crippen molar-refractivity contribution in [3.05, 3.63) is 18.3 Å². The van der Waals surface area contributed by atoms with Crippen LogP contribution in [-0.2, 0) is 4.79 Å². The van der Waals surface area contributed by atoms with Crippen molar-refractivity contribution < 1.29 is 20.1 Å². The zero-order valence-electron chi connectivity index (χ0n) is 12.7. The van der Waals surface area contributed by atoms with Crippen molar-refractivity contribution in [2.24, 2.45) is 11.8 Å². The van der Waals surface area contributed by atoms with Crippen LogP contribution in [0.2, 0.25) is 0 Å². The molecule has 0 spiro atoms. The van der Waals surface area contributed by atoms with Crippen molar-refractivity contribution in [3.63, 3.8) is 0 Å². The fraction of sp³-hybridized carbons (Fsp3) is 0.571. The number of hydrazine groups is 1. The molecule has 0 aliphatic carbocycles. The van der Waals surface area contributed by atoms with E-state index in [0.29, 0.717) is 5.69 Å². The lowest BCUT2D eigenvalue weighted by molar-refractivity contribution is -0.138. The summed E-state index contributed by atoms with van der Waals surface area (Å²) in [6.07, 6.45) is 0.912. The highest BCUT2D eigenvalue weighted by molar-refractivity contribution is 5.67. The molecule has 9 heteroatoms. The van der Waals surface area contributed by atoms with Gasteiger partial charge in [0.2, 0.25) is 0 Å². The van der Waals surface area contributed by atoms with E-state index in [4.69, 9.17) is 10.9 Å². The molecular weight excluding hydrogens is 302 g/mol. The topological polar surface area (TPSA) is 144 Å². The van der Waals surface area contributed by atoms with Crippen LogP contribution in [0.15, 0.2) is 18.3 Å². The Hall–Kier alpha value is -1.94. The minimum atomic E-state index is -1.29. The first kappa shape index (κ1) is 17.4. The van der Waals surface area contributed by atoms with E-state index in [0.717, 1.165) is 31.7 Å². The van der Waals surface area contributed by atoms with Gasteiger partial charge in [0.25, 0.3) is 0 Å². The van der Waals surface area contributed by atoms with Crippen molar-refractivity contribution in [2.45, 2.75) is 31.7 Å². The Morgan fingerprint density at radius 3 is 2.57 bits per heavy atom. The number of nitrogens with two attached hydrogens (primary N) is 1. The van der Waals surface area contributed by atoms with Gasteiger partial charge in [-0.2, -0.15) is 0 Å². The summed E-state index contributed by atoms with van der Waals surface area (Å²) < 4.78 is 0. The number of carbonyl (C=O) groups is 1. The van der Waals surface area contributed by atoms with E-state index >= 15 is 0 Å². The van der Waals surface area contributed by atoms with Gasteiger partial charge in [-0.3, -0.25) is 10.6 Å². The van der Waals surface area contributed by atoms with Crippen LogP contribution in [0.25, 0.3) is 0 Å². The number of aliphatic hydroxyl groups excluding tert-OH is 2. The molecule has 1 saturated heterocycles. The number of pyridine rings is 1. The van der Waals surface area contributed by atoms with Gasteiger partial charge < -0.3 is 25.5 Å². The monoisotopic (exact) mass is 325 g/mol. The van der Waals surface area contributed by atoms with Gasteiger partial charge in [0.05, 0.1) is 11.9 Å². The van der Waals surface area contributed by atoms with E-state index in [1.807, 2.05) is 11.5 Å². The van der Waals surface area contributed by atoms with Crippen LogP contribution in [0.3, 0.4) is 0 Å². The maximum atomic E-state index is 10.7. The molecule has 0 bridgehead atoms. The maximum Gasteiger partial charge on any atom is 0.303 e. The molecule has 1 fully saturated rings. The molecular formula is C14H23N5O4. The lowest BCUT2D eigenvalue weighted by Crippen LogP contribution is -2.47. The Morgan fingerprint density at radius 2 is 2.04 bits per heavy atom. The summed E-state index contributed by atoms with van der Waals surface area (Å²) in [5, 5.41) is 30.4. The van der Waals surface area contributed by atoms with E-state index < -0.39 is 18.4 Å². The number of hydrogen-bond acceptors (Lipinski definition) is 8. The maximum absolute atomic E-state index is 10.7. The number of carboxylic acid groups (broad SMARTS) is 1. The lowest BCUT2D eigenvalue weighted by Gasteiger charge is -2.32. The molecule has 1 aliphatic rings. The molecule has 9 nitrogen and oxygen atoms in total. The van der Waals surface area contributed by atoms with Gasteiger partial charge in [-0.05, 0) is 30.9 Å². The number of piperidine rings is 1. The van der Waals surface area contributed by atoms with E-state index in [2.05, 4.69) is 15.2 Å². The summed E-state index contributed by atoms with van der Waals surface area (Å²) in [6, 6.07) is 3.56. The second-order valence-corrected chi connectivity index (χ2v) is 5.63. The number of nitrogens with zero attached hydrogens (tertiary/aromatic N) is 2. The van der Waals surface area contributed by atoms with Gasteiger partial charge in [0.1, 0.15) is 5.82 Å². The highest BCUT2D eigenvalue weighted by atomic mass is 16.4. The number of rotatable bonds is 7. The second kappa shape index (κ2) is 8.06. The molecule has 2 atom stereocenters. The average Bonchev–Trinajstić information content (AvgIpc) is 2.55. The minimum Gasteiger partial charge on any atom is -0.481 e. The third-order valence-corrected chi connectivity index (χ3v) is 3.93. The predicted molar refractivity (Wildman–Crippen MR) is 84.4 cm³/mol. The predicted octanol–water partition coefficient (Wildman–Crippen LogP) is -0.715. The molecule has 1 aromatic rings. The number of nitrogens with one attached hydrogen (secondary N) is 2. The molecule has 7 N–H and O–H groups in total. The van der Waals surface area contributed by atoms with Crippen molar-refractivity contribution in [1.82, 2.24) is 10.4 Å². The number of aliphatic hydroxyl groups is 2. The molecule has 0 radical (unpaired) electrons. The standard InChI is InChI=1S/C14H23N5O4/c15-18-14(23)13(22)17-10-1-2-11(16-8-10)19-5-3-9(4-6-19)7-12(20)21/h1-2,8-9,13-14,17-18,22-23H,3-7,15H2,(H,20,21). The highest BCUT2D eigenvalue weighted by Crippen LogP contribution is 2.24. The normalized spacial score (nSPS) is 18.5. The second-order valence-electron chi connectivity index (χ2n) is 5.63. The van der Waals surface area contributed by atoms with Crippen LogP contribution in [0, 0.1) is 5.92 Å². The number of aromatic nitrogens is 1. The minimum absolute atomic E-state index is 0.222. The first-order valence-electron chi connectivity index (χ1n) is 7.51. The summed E-state index contributed by atoms with van der Waals surface area (Å²) >= 11 is 0. The van der Waals surface area contributed by atoms with Crippen molar-refractivity contribution >= 4 is 17.5 Å². The molecule has 0 aromatic carbocycles. The van der Waals surface area contributed by atoms with Gasteiger partial charge in [-0.15, -0.1) is 0 Å². The molecule has 23 heavy (non-hydrogen) atoms. The fourth-order valence-corrected chi connectivity index (χ4v) is 2.61. The fourth-order valence-electron chi connectivity index (χ4n) is 2.61. The Balaban J connectivity index is 1.87. The molecule has 2 unspecified atom stereocenters. The summed E-state index contributed by atoms with van der Waals surface area (Å²) in [4.78, 5) is 17.2. The van der Waals surface area contributed by atoms with E-state index in [9.17, 15) is 15.0 Å². The zero-order chi connectivity index (χ0) is 16.8. The molecule has 0 amide bonds. The summed E-state index contributed by atoms with van der Waals surface area (Å²) in [5.74, 6) is 5.31. The van der Waals surface area contributed by atoms with Gasteiger partial charge in [0, 0.05) is 19.5 Å². The number of aliphatic carboxylic acids is 1. The van der Waals surface area contributed by atoms with E-state index in [1.165, 1.54) is 0 Å². The van der Waals surface area contributed by atoms with Crippen LogP contribution in [0.1, 0.15) is 19.3 Å². The summed E-state index contributed by atoms with van der Waals surface area (Å²) in [5.41, 5.74) is 2.59. The van der Waals surface area contributed by atoms with Crippen LogP contribution >= 0.6 is 0 Å². The van der Waals surface area contributed by atoms with Crippen molar-refractivity contribution in [1.29, 1.82) is 0 Å². The number of carboxylic acids is 1. The first-order valence-corrected chi connectivity index (χ1v) is 7.51. The molecule has 1 aromatic heterocycles. The number of hydrogen-bond donors (Lipinski definition) is 6. The smallest absolute Gasteiger partial charge is 0.303 e. The Labute approximate surface area is 134 Å². The van der Waals surface area contributed by atoms with Crippen LogP contribution in [0.4, 0.5) is 11.5 Å². The molecule has 2 heterocycles. The van der Waals surface area contributed by atoms with Crippen LogP contribution in [0.5, 0.6) is 0 Å². The first-order chi connectivity index (χ1) is 11.0. The van der Waals surface area contributed by atoms with Crippen LogP contribution in [-0.4, -0.2) is 51.8 Å². The summed E-state index contributed by atoms with van der Waals surface area (Å²) in [7, 11) is 0. The van der Waals surface area contributed by atoms with E-state index in [-0.39, 0.29) is 12.3 Å². The van der Waals surface area contributed by atoms with Gasteiger partial charge in [-0.1, -0.05) is 0 Å². The quantitative estimate of drug-likeness (QED) is 0.217. The molecule has 1 aliphatic heterocycles. The highest BCUT2D eigenvalue weighted by Gasteiger charge is 2.22. The SMILES string of the molecule is NNC(O)C(O)Nc1ccc(N2CCC(CC(=O)O)CC2)nc1. The summed E-state index contributed by atoms with van der Waals surface area (Å²) in [6.45, 7) is 1.55. The molecule has 0 saturated carbocycles. The van der Waals surface area contributed by atoms with Crippen LogP contribution < -0.4 is 21.5 Å². The van der Waals surface area contributed by atoms with E-state index in [1.54, 1.807) is 12.3 Å². The Kier molecular flexibility index (Phi) is 6.11. The average molecular weight is 325 g/mol. The van der Waals surface area contributed by atoms with Gasteiger partial charge in [-0.25, -0.2) is 10.4 Å². The van der Waals surface area contributed by atoms with Gasteiger partial charge >= 0.3 is 5.97 Å². The largest absolute Gasteiger partial charge is 0.481 e. The van der Waals surface area contributed by atoms with Gasteiger partial charge in [0.15, 0.2) is 12.5 Å². The Morgan fingerprint density at radius 1 is 1.35 bits per heavy atom. The zero-order valence-corrected chi connectivity index (χ0v) is 12.7. The molecule has 2 rings (SSSR count). The van der Waals surface area contributed by atoms with Crippen molar-refractivity contribution in [2.75, 3.05) is 23.3 Å². The third-order valence-electron chi connectivity index (χ3n) is 3.93. The lowest BCUT2D eigenvalue weighted by atomic mass is 9.94. The van der Waals surface area contributed by atoms with Crippen molar-refractivity contribution in [3.8, 4) is 0 Å². The Bertz CT molecular complexity index is 504.